The zero-order valence-corrected chi connectivity index (χ0v) is 15.9. The van der Waals surface area contributed by atoms with Gasteiger partial charge in [0.25, 0.3) is 5.91 Å². The molecule has 0 bridgehead atoms. The molecular formula is C18H29N5O2. The molecule has 0 unspecified atom stereocenters. The van der Waals surface area contributed by atoms with Gasteiger partial charge in [0, 0.05) is 38.8 Å². The first-order valence-electron chi connectivity index (χ1n) is 8.18. The molecular weight excluding hydrogens is 318 g/mol. The smallest absolute Gasteiger partial charge is 0.253 e. The summed E-state index contributed by atoms with van der Waals surface area (Å²) in [5.41, 5.74) is 1.40. The van der Waals surface area contributed by atoms with Crippen LogP contribution in [-0.4, -0.2) is 55.9 Å². The van der Waals surface area contributed by atoms with Crippen LogP contribution in [0.15, 0.2) is 29.3 Å². The predicted octanol–water partition coefficient (Wildman–Crippen LogP) is 0.968. The Kier molecular flexibility index (Phi) is 7.42. The van der Waals surface area contributed by atoms with Crippen LogP contribution in [-0.2, 0) is 11.3 Å². The largest absolute Gasteiger partial charge is 0.352 e. The van der Waals surface area contributed by atoms with E-state index in [0.29, 0.717) is 18.1 Å². The van der Waals surface area contributed by atoms with Gasteiger partial charge >= 0.3 is 0 Å². The Hall–Kier alpha value is -2.57. The van der Waals surface area contributed by atoms with Crippen molar-refractivity contribution < 1.29 is 9.59 Å². The number of guanidine groups is 1. The topological polar surface area (TPSA) is 85.8 Å². The fraction of sp³-hybridized carbons (Fsp3) is 0.500. The summed E-state index contributed by atoms with van der Waals surface area (Å²) in [5.74, 6) is 0.418. The van der Waals surface area contributed by atoms with Crippen molar-refractivity contribution in [3.8, 4) is 0 Å². The number of carbonyl (C=O) groups excluding carboxylic acids is 2. The number of nitrogens with one attached hydrogen (secondary N) is 3. The molecule has 0 radical (unpaired) electrons. The van der Waals surface area contributed by atoms with E-state index in [9.17, 15) is 9.59 Å². The van der Waals surface area contributed by atoms with Crippen LogP contribution in [0.25, 0.3) is 0 Å². The van der Waals surface area contributed by atoms with E-state index < -0.39 is 0 Å². The molecule has 0 atom stereocenters. The van der Waals surface area contributed by atoms with Gasteiger partial charge in [-0.1, -0.05) is 12.1 Å². The standard InChI is InChI=1S/C18H29N5O2/c1-18(2,3)22-15(24)12-21-17(19-4)20-11-13-7-9-14(10-8-13)16(25)23(5)6/h7-10H,11-12H2,1-6H3,(H,22,24)(H2,19,20,21). The molecule has 0 aliphatic rings. The van der Waals surface area contributed by atoms with Gasteiger partial charge in [0.05, 0.1) is 6.54 Å². The minimum absolute atomic E-state index is 0.0261. The van der Waals surface area contributed by atoms with Crippen molar-refractivity contribution >= 4 is 17.8 Å². The highest BCUT2D eigenvalue weighted by molar-refractivity contribution is 5.93. The molecule has 3 N–H and O–H groups in total. The Morgan fingerprint density at radius 2 is 1.68 bits per heavy atom. The summed E-state index contributed by atoms with van der Waals surface area (Å²) in [4.78, 5) is 29.3. The fourth-order valence-corrected chi connectivity index (χ4v) is 2.06. The normalized spacial score (nSPS) is 11.7. The van der Waals surface area contributed by atoms with Crippen LogP contribution in [0.5, 0.6) is 0 Å². The van der Waals surface area contributed by atoms with Crippen LogP contribution in [0.1, 0.15) is 36.7 Å². The van der Waals surface area contributed by atoms with E-state index in [2.05, 4.69) is 20.9 Å². The van der Waals surface area contributed by atoms with Crippen LogP contribution in [0.3, 0.4) is 0 Å². The molecule has 0 heterocycles. The molecule has 0 aromatic heterocycles. The number of hydrogen-bond donors (Lipinski definition) is 3. The van der Waals surface area contributed by atoms with E-state index in [1.807, 2.05) is 32.9 Å². The maximum Gasteiger partial charge on any atom is 0.253 e. The van der Waals surface area contributed by atoms with Crippen LogP contribution < -0.4 is 16.0 Å². The van der Waals surface area contributed by atoms with Crippen LogP contribution >= 0.6 is 0 Å². The van der Waals surface area contributed by atoms with E-state index in [1.165, 1.54) is 0 Å². The Balaban J connectivity index is 2.50. The Bertz CT molecular complexity index is 615. The van der Waals surface area contributed by atoms with Gasteiger partial charge in [0.1, 0.15) is 0 Å². The average Bonchev–Trinajstić information content (AvgIpc) is 2.53. The molecule has 0 saturated carbocycles. The van der Waals surface area contributed by atoms with Crippen molar-refractivity contribution in [2.24, 2.45) is 4.99 Å². The number of amides is 2. The number of aliphatic imine (C=N–C) groups is 1. The number of benzene rings is 1. The van der Waals surface area contributed by atoms with Gasteiger partial charge in [0.2, 0.25) is 5.91 Å². The summed E-state index contributed by atoms with van der Waals surface area (Å²) >= 11 is 0. The van der Waals surface area contributed by atoms with Crippen LogP contribution in [0.2, 0.25) is 0 Å². The first kappa shape index (κ1) is 20.5. The zero-order valence-electron chi connectivity index (χ0n) is 15.9. The summed E-state index contributed by atoms with van der Waals surface area (Å²) in [5, 5.41) is 8.99. The van der Waals surface area contributed by atoms with Crippen molar-refractivity contribution in [3.05, 3.63) is 35.4 Å². The lowest BCUT2D eigenvalue weighted by molar-refractivity contribution is -0.121. The molecule has 1 rings (SSSR count). The molecule has 25 heavy (non-hydrogen) atoms. The fourth-order valence-electron chi connectivity index (χ4n) is 2.06. The maximum atomic E-state index is 11.9. The quantitative estimate of drug-likeness (QED) is 0.547. The molecule has 138 valence electrons. The number of hydrogen-bond acceptors (Lipinski definition) is 3. The van der Waals surface area contributed by atoms with E-state index in [0.717, 1.165) is 5.56 Å². The minimum atomic E-state index is -0.262. The first-order valence-corrected chi connectivity index (χ1v) is 8.18. The van der Waals surface area contributed by atoms with Gasteiger partial charge in [-0.25, -0.2) is 0 Å². The van der Waals surface area contributed by atoms with Gasteiger partial charge in [-0.05, 0) is 38.5 Å². The summed E-state index contributed by atoms with van der Waals surface area (Å²) in [7, 11) is 5.10. The second-order valence-electron chi connectivity index (χ2n) is 6.97. The third-order valence-electron chi connectivity index (χ3n) is 3.22. The molecule has 2 amide bonds. The molecule has 1 aromatic rings. The van der Waals surface area contributed by atoms with Gasteiger partial charge in [-0.3, -0.25) is 14.6 Å². The van der Waals surface area contributed by atoms with Crippen molar-refractivity contribution in [3.63, 3.8) is 0 Å². The average molecular weight is 347 g/mol. The first-order chi connectivity index (χ1) is 11.6. The number of carbonyl (C=O) groups is 2. The van der Waals surface area contributed by atoms with Crippen molar-refractivity contribution in [2.45, 2.75) is 32.9 Å². The van der Waals surface area contributed by atoms with E-state index >= 15 is 0 Å². The van der Waals surface area contributed by atoms with E-state index in [-0.39, 0.29) is 23.9 Å². The van der Waals surface area contributed by atoms with E-state index in [1.54, 1.807) is 38.2 Å². The van der Waals surface area contributed by atoms with Gasteiger partial charge in [-0.2, -0.15) is 0 Å². The summed E-state index contributed by atoms with van der Waals surface area (Å²) in [6, 6.07) is 7.38. The molecule has 0 spiro atoms. The Morgan fingerprint density at radius 1 is 1.08 bits per heavy atom. The molecule has 7 nitrogen and oxygen atoms in total. The summed E-state index contributed by atoms with van der Waals surface area (Å²) in [6.07, 6.45) is 0. The predicted molar refractivity (Wildman–Crippen MR) is 101 cm³/mol. The highest BCUT2D eigenvalue weighted by atomic mass is 16.2. The zero-order chi connectivity index (χ0) is 19.0. The highest BCUT2D eigenvalue weighted by Crippen LogP contribution is 2.06. The van der Waals surface area contributed by atoms with Gasteiger partial charge in [-0.15, -0.1) is 0 Å². The molecule has 1 aromatic carbocycles. The molecule has 7 heteroatoms. The van der Waals surface area contributed by atoms with Gasteiger partial charge in [0.15, 0.2) is 5.96 Å². The lowest BCUT2D eigenvalue weighted by Crippen LogP contribution is -2.48. The third kappa shape index (κ3) is 7.69. The maximum absolute atomic E-state index is 11.9. The number of nitrogens with zero attached hydrogens (tertiary/aromatic N) is 2. The molecule has 0 saturated heterocycles. The molecule has 0 aliphatic carbocycles. The molecule has 0 aliphatic heterocycles. The number of rotatable bonds is 5. The third-order valence-corrected chi connectivity index (χ3v) is 3.22. The lowest BCUT2D eigenvalue weighted by Gasteiger charge is -2.21. The monoisotopic (exact) mass is 347 g/mol. The van der Waals surface area contributed by atoms with Crippen molar-refractivity contribution in [1.29, 1.82) is 0 Å². The van der Waals surface area contributed by atoms with Crippen LogP contribution in [0, 0.1) is 0 Å². The van der Waals surface area contributed by atoms with Crippen LogP contribution in [0.4, 0.5) is 0 Å². The second kappa shape index (κ2) is 9.05. The SMILES string of the molecule is CN=C(NCC(=O)NC(C)(C)C)NCc1ccc(C(=O)N(C)C)cc1. The summed E-state index contributed by atoms with van der Waals surface area (Å²) in [6.45, 7) is 6.48. The van der Waals surface area contributed by atoms with E-state index in [4.69, 9.17) is 0 Å². The summed E-state index contributed by atoms with van der Waals surface area (Å²) < 4.78 is 0. The highest BCUT2D eigenvalue weighted by Gasteiger charge is 2.13. The van der Waals surface area contributed by atoms with Crippen molar-refractivity contribution in [1.82, 2.24) is 20.9 Å². The van der Waals surface area contributed by atoms with Crippen molar-refractivity contribution in [2.75, 3.05) is 27.7 Å². The molecule has 0 fully saturated rings. The minimum Gasteiger partial charge on any atom is -0.352 e. The van der Waals surface area contributed by atoms with Gasteiger partial charge < -0.3 is 20.9 Å². The second-order valence-corrected chi connectivity index (χ2v) is 6.97. The Morgan fingerprint density at radius 3 is 2.16 bits per heavy atom. The Labute approximate surface area is 149 Å². The lowest BCUT2D eigenvalue weighted by atomic mass is 10.1.